The van der Waals surface area contributed by atoms with Gasteiger partial charge >= 0.3 is 0 Å². The average molecular weight is 1590 g/mol. The first-order valence-corrected chi connectivity index (χ1v) is 45.8. The first-order chi connectivity index (χ1) is 54.8. The Morgan fingerprint density at radius 2 is 0.625 bits per heavy atom. The van der Waals surface area contributed by atoms with Crippen LogP contribution in [0.1, 0.15) is 367 Å². The van der Waals surface area contributed by atoms with Crippen LogP contribution in [0, 0.1) is 0 Å². The van der Waals surface area contributed by atoms with E-state index in [-0.39, 0.29) is 18.9 Å². The molecule has 0 saturated carbocycles. The number of rotatable bonds is 74. The molecule has 19 heteroatoms. The summed E-state index contributed by atoms with van der Waals surface area (Å²) in [6.07, 6.45) is 71.8. The first-order valence-electron chi connectivity index (χ1n) is 45.8. The van der Waals surface area contributed by atoms with Gasteiger partial charge in [-0.3, -0.25) is 4.79 Å². The van der Waals surface area contributed by atoms with Gasteiger partial charge in [0.2, 0.25) is 5.91 Å². The van der Waals surface area contributed by atoms with Crippen LogP contribution in [0.25, 0.3) is 0 Å². The zero-order valence-corrected chi connectivity index (χ0v) is 70.4. The van der Waals surface area contributed by atoms with Crippen LogP contribution in [0.3, 0.4) is 0 Å². The maximum atomic E-state index is 13.5. The molecule has 1 amide bonds. The van der Waals surface area contributed by atoms with Crippen LogP contribution in [0.4, 0.5) is 0 Å². The second-order valence-electron chi connectivity index (χ2n) is 32.4. The molecule has 0 spiro atoms. The van der Waals surface area contributed by atoms with E-state index in [1.807, 2.05) is 6.08 Å². The molecule has 0 aromatic rings. The second kappa shape index (κ2) is 72.0. The van der Waals surface area contributed by atoms with E-state index in [4.69, 9.17) is 28.4 Å². The third-order valence-electron chi connectivity index (χ3n) is 22.4. The number of aliphatic hydroxyl groups is 11. The summed E-state index contributed by atoms with van der Waals surface area (Å²) in [7, 11) is 0. The predicted molar refractivity (Wildman–Crippen MR) is 452 cm³/mol. The van der Waals surface area contributed by atoms with Crippen LogP contribution < -0.4 is 5.32 Å². The fourth-order valence-corrected chi connectivity index (χ4v) is 15.2. The standard InChI is InChI=1S/C93H167NO18/c1-3-5-7-9-11-13-15-17-19-21-23-25-27-29-31-33-35-37-38-39-41-43-45-47-49-51-53-55-57-59-61-63-65-67-69-71-81(99)94-76(77(98)70-68-66-64-62-60-58-56-54-52-50-48-46-44-42-40-36-34-32-30-28-26-24-22-20-18-16-14-12-10-8-6-4-2)75-107-91-87(105)84(102)89(79(73-96)109-91)112-93-88(106)85(103)90(80(74-97)110-93)111-92-86(104)83(101)82(100)78(72-95)108-92/h5,7,11,13,17,19,23,25,52,54,60,62,68,70,76-80,82-93,95-98,100-106H,3-4,6,8-10,12,14-16,18,20-22,24,26-51,53,55-59,61,63-67,69,71-75H2,1-2H3,(H,94,99)/b7-5-,13-11-,19-17-,25-23-,54-52+,62-60+,70-68+. The molecule has 17 unspecified atom stereocenters. The number of allylic oxidation sites excluding steroid dienone is 13. The summed E-state index contributed by atoms with van der Waals surface area (Å²) in [5.74, 6) is -0.285. The number of hydrogen-bond acceptors (Lipinski definition) is 18. The van der Waals surface area contributed by atoms with E-state index in [0.717, 1.165) is 70.6 Å². The predicted octanol–water partition coefficient (Wildman–Crippen LogP) is 17.7. The molecule has 0 aliphatic carbocycles. The zero-order chi connectivity index (χ0) is 81.0. The van der Waals surface area contributed by atoms with Crippen LogP contribution in [-0.4, -0.2) is 193 Å². The van der Waals surface area contributed by atoms with E-state index in [2.05, 4.69) is 92.1 Å². The largest absolute Gasteiger partial charge is 0.394 e. The van der Waals surface area contributed by atoms with Crippen molar-refractivity contribution in [3.63, 3.8) is 0 Å². The highest BCUT2D eigenvalue weighted by atomic mass is 16.8. The molecule has 3 aliphatic rings. The van der Waals surface area contributed by atoms with Gasteiger partial charge in [0.25, 0.3) is 0 Å². The zero-order valence-electron chi connectivity index (χ0n) is 70.4. The summed E-state index contributed by atoms with van der Waals surface area (Å²) < 4.78 is 34.5. The summed E-state index contributed by atoms with van der Waals surface area (Å²) in [5.41, 5.74) is 0. The first kappa shape index (κ1) is 103. The van der Waals surface area contributed by atoms with Crippen molar-refractivity contribution in [1.29, 1.82) is 0 Å². The molecule has 0 aromatic carbocycles. The molecular formula is C93H167NO18. The average Bonchev–Trinajstić information content (AvgIpc) is 0.782. The van der Waals surface area contributed by atoms with Crippen molar-refractivity contribution in [1.82, 2.24) is 5.32 Å². The van der Waals surface area contributed by atoms with E-state index in [9.17, 15) is 61.0 Å². The third-order valence-corrected chi connectivity index (χ3v) is 22.4. The monoisotopic (exact) mass is 1590 g/mol. The Kier molecular flexibility index (Phi) is 66.3. The number of carbonyl (C=O) groups is 1. The SMILES string of the molecule is CC/C=C\C/C=C\C/C=C\C/C=C\CCCCCCCCCCCCCCCCCCCCCCCCC(=O)NC(COC1OC(CO)C(OC2OC(CO)C(OC3OC(CO)C(O)C(O)C3O)C(O)C2O)C(O)C1O)C(O)/C=C/CC/C=C/CC/C=C/CCCCCCCCCCCCCCCCCCCCCCCC. The van der Waals surface area contributed by atoms with Crippen molar-refractivity contribution in [3.8, 4) is 0 Å². The van der Waals surface area contributed by atoms with Crippen molar-refractivity contribution in [2.45, 2.75) is 471 Å². The van der Waals surface area contributed by atoms with Crippen molar-refractivity contribution >= 4 is 5.91 Å². The van der Waals surface area contributed by atoms with Gasteiger partial charge in [0.1, 0.15) is 73.2 Å². The van der Waals surface area contributed by atoms with Gasteiger partial charge in [0.05, 0.1) is 38.6 Å². The van der Waals surface area contributed by atoms with E-state index >= 15 is 0 Å². The molecule has 19 nitrogen and oxygen atoms in total. The Hall–Kier alpha value is -3.03. The molecule has 3 rings (SSSR count). The summed E-state index contributed by atoms with van der Waals surface area (Å²) in [4.78, 5) is 13.5. The fraction of sp³-hybridized carbons (Fsp3) is 0.839. The molecule has 652 valence electrons. The minimum absolute atomic E-state index is 0.232. The van der Waals surface area contributed by atoms with Crippen molar-refractivity contribution in [2.24, 2.45) is 0 Å². The third kappa shape index (κ3) is 50.0. The van der Waals surface area contributed by atoms with Crippen molar-refractivity contribution in [2.75, 3.05) is 26.4 Å². The van der Waals surface area contributed by atoms with Crippen LogP contribution in [-0.2, 0) is 33.2 Å². The molecule has 3 fully saturated rings. The summed E-state index contributed by atoms with van der Waals surface area (Å²) in [5, 5.41) is 121. The van der Waals surface area contributed by atoms with Crippen molar-refractivity contribution in [3.05, 3.63) is 85.1 Å². The quantitative estimate of drug-likeness (QED) is 0.0199. The molecule has 12 N–H and O–H groups in total. The Morgan fingerprint density at radius 1 is 0.330 bits per heavy atom. The van der Waals surface area contributed by atoms with E-state index in [0.29, 0.717) is 12.8 Å². The van der Waals surface area contributed by atoms with Crippen LogP contribution >= 0.6 is 0 Å². The van der Waals surface area contributed by atoms with E-state index in [1.165, 1.54) is 263 Å². The highest BCUT2D eigenvalue weighted by Gasteiger charge is 2.54. The van der Waals surface area contributed by atoms with Gasteiger partial charge in [-0.2, -0.15) is 0 Å². The molecule has 112 heavy (non-hydrogen) atoms. The molecule has 17 atom stereocenters. The van der Waals surface area contributed by atoms with Gasteiger partial charge in [0.15, 0.2) is 18.9 Å². The number of amides is 1. The molecule has 3 saturated heterocycles. The van der Waals surface area contributed by atoms with Gasteiger partial charge in [-0.15, -0.1) is 0 Å². The lowest BCUT2D eigenvalue weighted by atomic mass is 9.96. The minimum atomic E-state index is -1.99. The second-order valence-corrected chi connectivity index (χ2v) is 32.4. The number of unbranched alkanes of at least 4 members (excludes halogenated alkanes) is 46. The van der Waals surface area contributed by atoms with Crippen molar-refractivity contribution < 1.29 is 89.4 Å². The molecule has 0 aromatic heterocycles. The number of aliphatic hydroxyl groups excluding tert-OH is 11. The van der Waals surface area contributed by atoms with Gasteiger partial charge in [-0.05, 0) is 83.5 Å². The fourth-order valence-electron chi connectivity index (χ4n) is 15.2. The molecule has 0 bridgehead atoms. The van der Waals surface area contributed by atoms with Crippen LogP contribution in [0.5, 0.6) is 0 Å². The number of nitrogens with one attached hydrogen (secondary N) is 1. The highest BCUT2D eigenvalue weighted by Crippen LogP contribution is 2.34. The lowest BCUT2D eigenvalue weighted by Crippen LogP contribution is -2.66. The molecule has 0 radical (unpaired) electrons. The molecule has 3 aliphatic heterocycles. The summed E-state index contributed by atoms with van der Waals surface area (Å²) >= 11 is 0. The Morgan fingerprint density at radius 3 is 1.00 bits per heavy atom. The van der Waals surface area contributed by atoms with Gasteiger partial charge < -0.3 is 89.9 Å². The summed E-state index contributed by atoms with van der Waals surface area (Å²) in [6, 6.07) is -1.00. The lowest BCUT2D eigenvalue weighted by molar-refractivity contribution is -0.379. The Labute approximate surface area is 680 Å². The maximum Gasteiger partial charge on any atom is 0.220 e. The topological polar surface area (TPSA) is 307 Å². The van der Waals surface area contributed by atoms with Gasteiger partial charge in [-0.25, -0.2) is 0 Å². The Balaban J connectivity index is 1.33. The molecular weight excluding hydrogens is 1420 g/mol. The lowest BCUT2D eigenvalue weighted by Gasteiger charge is -2.48. The minimum Gasteiger partial charge on any atom is -0.394 e. The highest BCUT2D eigenvalue weighted by molar-refractivity contribution is 5.76. The smallest absolute Gasteiger partial charge is 0.220 e. The number of ether oxygens (including phenoxy) is 6. The van der Waals surface area contributed by atoms with Gasteiger partial charge in [-0.1, -0.05) is 362 Å². The summed E-state index contributed by atoms with van der Waals surface area (Å²) in [6.45, 7) is 1.65. The van der Waals surface area contributed by atoms with Gasteiger partial charge in [0, 0.05) is 6.42 Å². The number of carbonyl (C=O) groups excluding carboxylic acids is 1. The number of hydrogen-bond donors (Lipinski definition) is 12. The van der Waals surface area contributed by atoms with E-state index in [1.54, 1.807) is 6.08 Å². The normalized spacial score (nSPS) is 25.3. The van der Waals surface area contributed by atoms with Crippen LogP contribution in [0.2, 0.25) is 0 Å². The van der Waals surface area contributed by atoms with Crippen LogP contribution in [0.15, 0.2) is 85.1 Å². The van der Waals surface area contributed by atoms with E-state index < -0.39 is 124 Å². The molecule has 3 heterocycles. The Bertz CT molecular complexity index is 2350. The maximum absolute atomic E-state index is 13.5.